The van der Waals surface area contributed by atoms with Crippen LogP contribution in [0, 0.1) is 0 Å². The van der Waals surface area contributed by atoms with Crippen LogP contribution in [-0.4, -0.2) is 29.1 Å². The average molecular weight is 328 g/mol. The van der Waals surface area contributed by atoms with E-state index in [9.17, 15) is 14.7 Å². The zero-order valence-corrected chi connectivity index (χ0v) is 14.1. The Labute approximate surface area is 140 Å². The smallest absolute Gasteiger partial charge is 0.356 e. The highest BCUT2D eigenvalue weighted by Crippen LogP contribution is 2.30. The summed E-state index contributed by atoms with van der Waals surface area (Å²) in [5.74, 6) is -1.19. The number of aromatic nitrogens is 1. The lowest BCUT2D eigenvalue weighted by Gasteiger charge is -2.20. The molecule has 0 bridgehead atoms. The Kier molecular flexibility index (Phi) is 4.87. The molecule has 1 aromatic heterocycles. The van der Waals surface area contributed by atoms with Crippen molar-refractivity contribution in [3.8, 4) is 5.75 Å². The Morgan fingerprint density at radius 2 is 1.79 bits per heavy atom. The standard InChI is InChI=1S/C18H20N2O4/c1-18(2,3)11-8-9-15(21)14(10-11)20-16(22)12-6-5-7-13(19-12)17(23)24-4/h5-10,21H,1-4H3,(H,20,22). The zero-order chi connectivity index (χ0) is 17.9. The minimum Gasteiger partial charge on any atom is -0.506 e. The van der Waals surface area contributed by atoms with Gasteiger partial charge in [0.25, 0.3) is 5.91 Å². The molecule has 2 aromatic rings. The van der Waals surface area contributed by atoms with Gasteiger partial charge in [0.15, 0.2) is 0 Å². The van der Waals surface area contributed by atoms with Crippen LogP contribution in [-0.2, 0) is 10.2 Å². The molecule has 1 aromatic carbocycles. The van der Waals surface area contributed by atoms with E-state index in [-0.39, 0.29) is 28.2 Å². The quantitative estimate of drug-likeness (QED) is 0.667. The van der Waals surface area contributed by atoms with Crippen LogP contribution in [0.25, 0.3) is 0 Å². The lowest BCUT2D eigenvalue weighted by molar-refractivity contribution is 0.0594. The SMILES string of the molecule is COC(=O)c1cccc(C(=O)Nc2cc(C(C)(C)C)ccc2O)n1. The molecule has 24 heavy (non-hydrogen) atoms. The van der Waals surface area contributed by atoms with Crippen LogP contribution in [0.1, 0.15) is 47.3 Å². The number of aromatic hydroxyl groups is 1. The van der Waals surface area contributed by atoms with Crippen LogP contribution in [0.4, 0.5) is 5.69 Å². The van der Waals surface area contributed by atoms with Crippen LogP contribution >= 0.6 is 0 Å². The first-order chi connectivity index (χ1) is 11.2. The number of phenols is 1. The molecular formula is C18H20N2O4. The second kappa shape index (κ2) is 6.70. The predicted octanol–water partition coefficient (Wildman–Crippen LogP) is 3.12. The fourth-order valence-corrected chi connectivity index (χ4v) is 2.07. The molecule has 0 saturated heterocycles. The summed E-state index contributed by atoms with van der Waals surface area (Å²) in [6.45, 7) is 6.10. The maximum Gasteiger partial charge on any atom is 0.356 e. The Bertz CT molecular complexity index is 779. The summed E-state index contributed by atoms with van der Waals surface area (Å²) in [5.41, 5.74) is 1.22. The van der Waals surface area contributed by atoms with Gasteiger partial charge in [-0.1, -0.05) is 32.9 Å². The van der Waals surface area contributed by atoms with Crippen LogP contribution in [0.15, 0.2) is 36.4 Å². The minimum absolute atomic E-state index is 0.0396. The number of phenolic OH excluding ortho intramolecular Hbond substituents is 1. The average Bonchev–Trinajstić information content (AvgIpc) is 2.55. The van der Waals surface area contributed by atoms with E-state index in [1.54, 1.807) is 18.2 Å². The van der Waals surface area contributed by atoms with E-state index in [0.29, 0.717) is 0 Å². The van der Waals surface area contributed by atoms with Crippen LogP contribution in [0.3, 0.4) is 0 Å². The fourth-order valence-electron chi connectivity index (χ4n) is 2.07. The van der Waals surface area contributed by atoms with Crippen molar-refractivity contribution in [1.82, 2.24) is 4.98 Å². The number of anilines is 1. The van der Waals surface area contributed by atoms with E-state index in [1.165, 1.54) is 25.3 Å². The number of nitrogens with zero attached hydrogens (tertiary/aromatic N) is 1. The van der Waals surface area contributed by atoms with Crippen molar-refractivity contribution in [1.29, 1.82) is 0 Å². The number of ether oxygens (including phenoxy) is 1. The van der Waals surface area contributed by atoms with Crippen LogP contribution in [0.2, 0.25) is 0 Å². The third-order valence-corrected chi connectivity index (χ3v) is 3.49. The van der Waals surface area contributed by atoms with Gasteiger partial charge in [0.05, 0.1) is 12.8 Å². The molecule has 2 N–H and O–H groups in total. The number of carbonyl (C=O) groups is 2. The first kappa shape index (κ1) is 17.5. The number of carbonyl (C=O) groups excluding carboxylic acids is 2. The van der Waals surface area contributed by atoms with E-state index in [0.717, 1.165) is 5.56 Å². The number of hydrogen-bond donors (Lipinski definition) is 2. The molecule has 126 valence electrons. The van der Waals surface area contributed by atoms with Crippen molar-refractivity contribution in [2.45, 2.75) is 26.2 Å². The predicted molar refractivity (Wildman–Crippen MR) is 90.3 cm³/mol. The Hall–Kier alpha value is -2.89. The molecule has 1 amide bonds. The summed E-state index contributed by atoms with van der Waals surface area (Å²) in [6, 6.07) is 9.54. The molecule has 0 aliphatic rings. The molecule has 0 radical (unpaired) electrons. The van der Waals surface area contributed by atoms with Gasteiger partial charge < -0.3 is 15.2 Å². The molecule has 0 aliphatic heterocycles. The van der Waals surface area contributed by atoms with Gasteiger partial charge in [-0.05, 0) is 35.2 Å². The summed E-state index contributed by atoms with van der Waals surface area (Å²) in [5, 5.41) is 12.6. The summed E-state index contributed by atoms with van der Waals surface area (Å²) >= 11 is 0. The molecule has 0 saturated carbocycles. The minimum atomic E-state index is -0.623. The Balaban J connectivity index is 2.29. The summed E-state index contributed by atoms with van der Waals surface area (Å²) in [7, 11) is 1.24. The molecule has 6 nitrogen and oxygen atoms in total. The van der Waals surface area contributed by atoms with Gasteiger partial charge in [-0.2, -0.15) is 0 Å². The van der Waals surface area contributed by atoms with E-state index in [2.05, 4.69) is 15.0 Å². The lowest BCUT2D eigenvalue weighted by atomic mass is 9.87. The van der Waals surface area contributed by atoms with Gasteiger partial charge >= 0.3 is 5.97 Å². The maximum atomic E-state index is 12.4. The Morgan fingerprint density at radius 3 is 2.42 bits per heavy atom. The maximum absolute atomic E-state index is 12.4. The molecule has 2 rings (SSSR count). The number of nitrogens with one attached hydrogen (secondary N) is 1. The van der Waals surface area contributed by atoms with Crippen molar-refractivity contribution in [3.05, 3.63) is 53.3 Å². The van der Waals surface area contributed by atoms with Gasteiger partial charge in [-0.15, -0.1) is 0 Å². The van der Waals surface area contributed by atoms with Crippen molar-refractivity contribution < 1.29 is 19.4 Å². The molecule has 0 spiro atoms. The number of amides is 1. The van der Waals surface area contributed by atoms with E-state index in [1.807, 2.05) is 20.8 Å². The van der Waals surface area contributed by atoms with Crippen LogP contribution in [0.5, 0.6) is 5.75 Å². The van der Waals surface area contributed by atoms with Gasteiger partial charge in [-0.25, -0.2) is 9.78 Å². The number of hydrogen-bond acceptors (Lipinski definition) is 5. The molecule has 0 fully saturated rings. The monoisotopic (exact) mass is 328 g/mol. The van der Waals surface area contributed by atoms with Crippen molar-refractivity contribution >= 4 is 17.6 Å². The summed E-state index contributed by atoms with van der Waals surface area (Å²) < 4.78 is 4.59. The van der Waals surface area contributed by atoms with Crippen molar-refractivity contribution in [2.24, 2.45) is 0 Å². The largest absolute Gasteiger partial charge is 0.506 e. The normalized spacial score (nSPS) is 11.0. The lowest BCUT2D eigenvalue weighted by Crippen LogP contribution is -2.17. The van der Waals surface area contributed by atoms with Gasteiger partial charge in [0, 0.05) is 0 Å². The second-order valence-electron chi connectivity index (χ2n) is 6.34. The Morgan fingerprint density at radius 1 is 1.12 bits per heavy atom. The number of pyridine rings is 1. The van der Waals surface area contributed by atoms with Gasteiger partial charge in [0.2, 0.25) is 0 Å². The highest BCUT2D eigenvalue weighted by atomic mass is 16.5. The van der Waals surface area contributed by atoms with E-state index < -0.39 is 11.9 Å². The number of benzene rings is 1. The number of rotatable bonds is 3. The number of esters is 1. The molecule has 6 heteroatoms. The summed E-state index contributed by atoms with van der Waals surface area (Å²) in [6.07, 6.45) is 0. The first-order valence-electron chi connectivity index (χ1n) is 7.42. The molecule has 0 aliphatic carbocycles. The highest BCUT2D eigenvalue weighted by molar-refractivity contribution is 6.04. The highest BCUT2D eigenvalue weighted by Gasteiger charge is 2.18. The molecule has 1 heterocycles. The first-order valence-corrected chi connectivity index (χ1v) is 7.42. The second-order valence-corrected chi connectivity index (χ2v) is 6.34. The third-order valence-electron chi connectivity index (χ3n) is 3.49. The molecular weight excluding hydrogens is 308 g/mol. The fraction of sp³-hybridized carbons (Fsp3) is 0.278. The molecule has 0 unspecified atom stereocenters. The number of methoxy groups -OCH3 is 1. The van der Waals surface area contributed by atoms with E-state index >= 15 is 0 Å². The van der Waals surface area contributed by atoms with Gasteiger partial charge in [-0.3, -0.25) is 4.79 Å². The van der Waals surface area contributed by atoms with Crippen molar-refractivity contribution in [3.63, 3.8) is 0 Å². The topological polar surface area (TPSA) is 88.5 Å². The zero-order valence-electron chi connectivity index (χ0n) is 14.1. The van der Waals surface area contributed by atoms with Gasteiger partial charge in [0.1, 0.15) is 17.1 Å². The summed E-state index contributed by atoms with van der Waals surface area (Å²) in [4.78, 5) is 27.8. The molecule has 0 atom stereocenters. The third kappa shape index (κ3) is 3.90. The van der Waals surface area contributed by atoms with Crippen molar-refractivity contribution in [2.75, 3.05) is 12.4 Å². The van der Waals surface area contributed by atoms with E-state index in [4.69, 9.17) is 0 Å². The van der Waals surface area contributed by atoms with Crippen LogP contribution < -0.4 is 5.32 Å².